The maximum absolute atomic E-state index is 13.3. The summed E-state index contributed by atoms with van der Waals surface area (Å²) in [5, 5.41) is 2.68. The molecule has 29 heavy (non-hydrogen) atoms. The molecule has 0 fully saturated rings. The molecule has 1 aromatic heterocycles. The zero-order valence-corrected chi connectivity index (χ0v) is 16.5. The van der Waals surface area contributed by atoms with Gasteiger partial charge in [-0.2, -0.15) is 13.2 Å². The largest absolute Gasteiger partial charge is 0.438 e. The van der Waals surface area contributed by atoms with Gasteiger partial charge in [0.25, 0.3) is 5.56 Å². The standard InChI is InChI=1S/C20H18F3N3O2S/c1-12(18(27)24-11-13-7-9-14(29-2)10-8-13)26-16-6-4-3-5-15(16)25-17(19(26)28)20(21,22)23/h3-10,12H,11H2,1-2H3,(H,24,27). The number of fused-ring (bicyclic) bond motifs is 1. The van der Waals surface area contributed by atoms with E-state index in [9.17, 15) is 22.8 Å². The van der Waals surface area contributed by atoms with Gasteiger partial charge >= 0.3 is 6.18 Å². The Balaban J connectivity index is 1.92. The Morgan fingerprint density at radius 3 is 2.45 bits per heavy atom. The van der Waals surface area contributed by atoms with E-state index in [0.717, 1.165) is 15.0 Å². The van der Waals surface area contributed by atoms with Crippen LogP contribution in [0.25, 0.3) is 11.0 Å². The number of nitrogens with one attached hydrogen (secondary N) is 1. The number of para-hydroxylation sites is 2. The van der Waals surface area contributed by atoms with Crippen molar-refractivity contribution in [2.24, 2.45) is 0 Å². The number of rotatable bonds is 5. The molecule has 9 heteroatoms. The second kappa shape index (κ2) is 8.28. The number of carbonyl (C=O) groups excluding carboxylic acids is 1. The molecule has 0 spiro atoms. The minimum absolute atomic E-state index is 0.00766. The van der Waals surface area contributed by atoms with Crippen LogP contribution in [0.4, 0.5) is 13.2 Å². The van der Waals surface area contributed by atoms with E-state index in [1.54, 1.807) is 17.8 Å². The van der Waals surface area contributed by atoms with Crippen molar-refractivity contribution in [3.8, 4) is 0 Å². The van der Waals surface area contributed by atoms with Gasteiger partial charge in [0.2, 0.25) is 11.6 Å². The minimum atomic E-state index is -4.92. The van der Waals surface area contributed by atoms with Crippen LogP contribution in [0, 0.1) is 0 Å². The van der Waals surface area contributed by atoms with Crippen LogP contribution in [0.2, 0.25) is 0 Å². The lowest BCUT2D eigenvalue weighted by Crippen LogP contribution is -2.38. The van der Waals surface area contributed by atoms with Crippen molar-refractivity contribution in [3.05, 3.63) is 70.1 Å². The highest BCUT2D eigenvalue weighted by atomic mass is 32.2. The first kappa shape index (κ1) is 20.9. The van der Waals surface area contributed by atoms with Crippen LogP contribution in [0.3, 0.4) is 0 Å². The predicted octanol–water partition coefficient (Wildman–Crippen LogP) is 4.01. The lowest BCUT2D eigenvalue weighted by molar-refractivity contribution is -0.142. The zero-order chi connectivity index (χ0) is 21.2. The molecule has 0 radical (unpaired) electrons. The number of hydrogen-bond acceptors (Lipinski definition) is 4. The first-order valence-corrected chi connectivity index (χ1v) is 9.94. The average Bonchev–Trinajstić information content (AvgIpc) is 2.70. The number of thioether (sulfide) groups is 1. The molecular formula is C20H18F3N3O2S. The number of aromatic nitrogens is 2. The molecule has 1 N–H and O–H groups in total. The summed E-state index contributed by atoms with van der Waals surface area (Å²) in [5.74, 6) is -0.564. The van der Waals surface area contributed by atoms with Crippen molar-refractivity contribution >= 4 is 28.7 Å². The van der Waals surface area contributed by atoms with Gasteiger partial charge in [-0.1, -0.05) is 24.3 Å². The van der Waals surface area contributed by atoms with E-state index in [-0.39, 0.29) is 17.6 Å². The lowest BCUT2D eigenvalue weighted by Gasteiger charge is -2.19. The van der Waals surface area contributed by atoms with Crippen molar-refractivity contribution in [1.29, 1.82) is 0 Å². The number of benzene rings is 2. The van der Waals surface area contributed by atoms with E-state index < -0.39 is 29.4 Å². The van der Waals surface area contributed by atoms with Gasteiger partial charge in [0.1, 0.15) is 6.04 Å². The predicted molar refractivity (Wildman–Crippen MR) is 106 cm³/mol. The van der Waals surface area contributed by atoms with E-state index in [1.807, 2.05) is 30.5 Å². The van der Waals surface area contributed by atoms with Gasteiger partial charge in [-0.3, -0.25) is 14.2 Å². The molecule has 1 unspecified atom stereocenters. The first-order valence-electron chi connectivity index (χ1n) is 8.71. The summed E-state index contributed by atoms with van der Waals surface area (Å²) in [7, 11) is 0. The molecule has 3 aromatic rings. The molecule has 152 valence electrons. The zero-order valence-electron chi connectivity index (χ0n) is 15.7. The van der Waals surface area contributed by atoms with Gasteiger partial charge in [-0.05, 0) is 43.0 Å². The Bertz CT molecular complexity index is 1090. The van der Waals surface area contributed by atoms with Gasteiger partial charge < -0.3 is 5.32 Å². The molecule has 1 amide bonds. The molecule has 2 aromatic carbocycles. The quantitative estimate of drug-likeness (QED) is 0.632. The smallest absolute Gasteiger partial charge is 0.350 e. The third-order valence-electron chi connectivity index (χ3n) is 4.46. The molecule has 0 saturated heterocycles. The van der Waals surface area contributed by atoms with E-state index in [4.69, 9.17) is 0 Å². The fourth-order valence-corrected chi connectivity index (χ4v) is 3.33. The minimum Gasteiger partial charge on any atom is -0.350 e. The lowest BCUT2D eigenvalue weighted by atomic mass is 10.2. The number of hydrogen-bond donors (Lipinski definition) is 1. The molecule has 0 aliphatic rings. The number of halogens is 3. The van der Waals surface area contributed by atoms with Crippen LogP contribution in [0.15, 0.2) is 58.2 Å². The first-order chi connectivity index (χ1) is 13.7. The summed E-state index contributed by atoms with van der Waals surface area (Å²) < 4.78 is 40.7. The maximum Gasteiger partial charge on any atom is 0.438 e. The van der Waals surface area contributed by atoms with Gasteiger partial charge in [0, 0.05) is 11.4 Å². The summed E-state index contributed by atoms with van der Waals surface area (Å²) in [5.41, 5.74) is -1.89. The SMILES string of the molecule is CSc1ccc(CNC(=O)C(C)n2c(=O)c(C(F)(F)F)nc3ccccc32)cc1. The van der Waals surface area contributed by atoms with E-state index in [1.165, 1.54) is 25.1 Å². The van der Waals surface area contributed by atoms with Crippen molar-refractivity contribution in [2.75, 3.05) is 6.26 Å². The van der Waals surface area contributed by atoms with Crippen LogP contribution in [-0.4, -0.2) is 21.7 Å². The van der Waals surface area contributed by atoms with Gasteiger partial charge in [0.05, 0.1) is 11.0 Å². The van der Waals surface area contributed by atoms with Crippen LogP contribution < -0.4 is 10.9 Å². The summed E-state index contributed by atoms with van der Waals surface area (Å²) in [6, 6.07) is 12.3. The van der Waals surface area contributed by atoms with Crippen molar-refractivity contribution in [3.63, 3.8) is 0 Å². The van der Waals surface area contributed by atoms with Crippen molar-refractivity contribution < 1.29 is 18.0 Å². The van der Waals surface area contributed by atoms with E-state index in [2.05, 4.69) is 10.3 Å². The average molecular weight is 421 g/mol. The molecule has 0 aliphatic heterocycles. The Labute approximate surface area is 169 Å². The summed E-state index contributed by atoms with van der Waals surface area (Å²) in [4.78, 5) is 29.7. The third-order valence-corrected chi connectivity index (χ3v) is 5.20. The van der Waals surface area contributed by atoms with Crippen LogP contribution in [0.5, 0.6) is 0 Å². The molecular weight excluding hydrogens is 403 g/mol. The number of nitrogens with zero attached hydrogens (tertiary/aromatic N) is 2. The summed E-state index contributed by atoms with van der Waals surface area (Å²) >= 11 is 1.59. The van der Waals surface area contributed by atoms with E-state index >= 15 is 0 Å². The fraction of sp³-hybridized carbons (Fsp3) is 0.250. The van der Waals surface area contributed by atoms with Crippen LogP contribution in [0.1, 0.15) is 24.2 Å². The Morgan fingerprint density at radius 2 is 1.83 bits per heavy atom. The molecule has 0 aliphatic carbocycles. The number of carbonyl (C=O) groups is 1. The normalized spacial score (nSPS) is 12.7. The molecule has 0 saturated carbocycles. The molecule has 3 rings (SSSR count). The fourth-order valence-electron chi connectivity index (χ4n) is 2.92. The van der Waals surface area contributed by atoms with Crippen molar-refractivity contribution in [1.82, 2.24) is 14.9 Å². The molecule has 1 atom stereocenters. The summed E-state index contributed by atoms with van der Waals surface area (Å²) in [6.45, 7) is 1.59. The molecule has 1 heterocycles. The molecule has 5 nitrogen and oxygen atoms in total. The maximum atomic E-state index is 13.3. The van der Waals surface area contributed by atoms with Crippen LogP contribution in [-0.2, 0) is 17.5 Å². The molecule has 0 bridgehead atoms. The van der Waals surface area contributed by atoms with Gasteiger partial charge in [0.15, 0.2) is 0 Å². The highest BCUT2D eigenvalue weighted by molar-refractivity contribution is 7.98. The Hall–Kier alpha value is -2.81. The second-order valence-electron chi connectivity index (χ2n) is 6.36. The van der Waals surface area contributed by atoms with Crippen LogP contribution >= 0.6 is 11.8 Å². The monoisotopic (exact) mass is 421 g/mol. The topological polar surface area (TPSA) is 64.0 Å². The van der Waals surface area contributed by atoms with Crippen molar-refractivity contribution in [2.45, 2.75) is 30.6 Å². The Kier molecular flexibility index (Phi) is 5.97. The van der Waals surface area contributed by atoms with E-state index in [0.29, 0.717) is 0 Å². The Morgan fingerprint density at radius 1 is 1.17 bits per heavy atom. The third kappa shape index (κ3) is 4.45. The second-order valence-corrected chi connectivity index (χ2v) is 7.24. The number of alkyl halides is 3. The van der Waals surface area contributed by atoms with Gasteiger partial charge in [-0.15, -0.1) is 11.8 Å². The van der Waals surface area contributed by atoms with Gasteiger partial charge in [-0.25, -0.2) is 4.98 Å². The number of amides is 1. The highest BCUT2D eigenvalue weighted by Gasteiger charge is 2.38. The highest BCUT2D eigenvalue weighted by Crippen LogP contribution is 2.27. The summed E-state index contributed by atoms with van der Waals surface area (Å²) in [6.07, 6.45) is -2.97.